The number of rotatable bonds is 2. The lowest BCUT2D eigenvalue weighted by atomic mass is 9.96. The summed E-state index contributed by atoms with van der Waals surface area (Å²) in [5.74, 6) is -1.81. The van der Waals surface area contributed by atoms with Crippen LogP contribution in [0.5, 0.6) is 0 Å². The highest BCUT2D eigenvalue weighted by Crippen LogP contribution is 2.32. The zero-order chi connectivity index (χ0) is 17.3. The Bertz CT molecular complexity index is 742. The lowest BCUT2D eigenvalue weighted by Crippen LogP contribution is -2.38. The Balaban J connectivity index is 1.63. The summed E-state index contributed by atoms with van der Waals surface area (Å²) >= 11 is 3.26. The third-order valence-electron chi connectivity index (χ3n) is 3.77. The van der Waals surface area contributed by atoms with Crippen LogP contribution < -0.4 is 0 Å². The third kappa shape index (κ3) is 3.58. The van der Waals surface area contributed by atoms with E-state index in [-0.39, 0.29) is 17.7 Å². The fraction of sp³-hybridized carbons (Fsp3) is 0.429. The van der Waals surface area contributed by atoms with Crippen molar-refractivity contribution in [3.63, 3.8) is 0 Å². The second kappa shape index (κ2) is 6.50. The zero-order valence-corrected chi connectivity index (χ0v) is 13.8. The summed E-state index contributed by atoms with van der Waals surface area (Å²) in [4.78, 5) is 18.0. The molecule has 1 fully saturated rings. The van der Waals surface area contributed by atoms with Gasteiger partial charge in [0.05, 0.1) is 5.56 Å². The number of likely N-dealkylation sites (tertiary alicyclic amines) is 1. The Morgan fingerprint density at radius 3 is 2.54 bits per heavy atom. The Morgan fingerprint density at radius 2 is 1.96 bits per heavy atom. The third-order valence-corrected chi connectivity index (χ3v) is 4.20. The standard InChI is InChI=1S/C14H12BrF3N4O2/c15-10-5-9(6-19-7-10)12(23)22-3-1-8(2-4-22)11-20-21-13(24-11)14(16,17)18/h5-8H,1-4H2. The van der Waals surface area contributed by atoms with E-state index in [0.717, 1.165) is 0 Å². The van der Waals surface area contributed by atoms with Gasteiger partial charge < -0.3 is 9.32 Å². The van der Waals surface area contributed by atoms with Crippen LogP contribution in [0.3, 0.4) is 0 Å². The van der Waals surface area contributed by atoms with E-state index in [0.29, 0.717) is 36.0 Å². The second-order valence-electron chi connectivity index (χ2n) is 5.40. The molecular formula is C14H12BrF3N4O2. The molecule has 24 heavy (non-hydrogen) atoms. The molecule has 1 aliphatic rings. The number of pyridine rings is 1. The predicted molar refractivity (Wildman–Crippen MR) is 79.1 cm³/mol. The summed E-state index contributed by atoms with van der Waals surface area (Å²) in [5.41, 5.74) is 0.458. The number of alkyl halides is 3. The Hall–Kier alpha value is -1.97. The maximum atomic E-state index is 12.5. The van der Waals surface area contributed by atoms with Crippen molar-refractivity contribution in [3.05, 3.63) is 40.3 Å². The van der Waals surface area contributed by atoms with Crippen molar-refractivity contribution in [2.24, 2.45) is 0 Å². The number of carbonyl (C=O) groups excluding carboxylic acids is 1. The van der Waals surface area contributed by atoms with E-state index >= 15 is 0 Å². The van der Waals surface area contributed by atoms with Crippen LogP contribution >= 0.6 is 15.9 Å². The van der Waals surface area contributed by atoms with Crippen LogP contribution in [0.15, 0.2) is 27.3 Å². The first-order valence-corrected chi connectivity index (χ1v) is 7.94. The molecule has 0 spiro atoms. The smallest absolute Gasteiger partial charge is 0.417 e. The van der Waals surface area contributed by atoms with Crippen molar-refractivity contribution in [1.82, 2.24) is 20.1 Å². The number of hydrogen-bond acceptors (Lipinski definition) is 5. The molecule has 128 valence electrons. The molecule has 3 heterocycles. The van der Waals surface area contributed by atoms with Gasteiger partial charge in [0.1, 0.15) is 0 Å². The van der Waals surface area contributed by atoms with Gasteiger partial charge in [0.2, 0.25) is 5.89 Å². The van der Waals surface area contributed by atoms with E-state index < -0.39 is 12.1 Å². The largest absolute Gasteiger partial charge is 0.470 e. The fourth-order valence-corrected chi connectivity index (χ4v) is 2.92. The number of piperidine rings is 1. The average molecular weight is 405 g/mol. The highest BCUT2D eigenvalue weighted by Gasteiger charge is 2.39. The SMILES string of the molecule is O=C(c1cncc(Br)c1)N1CCC(c2nnc(C(F)(F)F)o2)CC1. The van der Waals surface area contributed by atoms with Crippen LogP contribution in [0.25, 0.3) is 0 Å². The predicted octanol–water partition coefficient (Wildman–Crippen LogP) is 3.27. The fourth-order valence-electron chi connectivity index (χ4n) is 2.56. The normalized spacial score (nSPS) is 16.4. The molecule has 0 unspecified atom stereocenters. The van der Waals surface area contributed by atoms with Crippen molar-refractivity contribution in [2.75, 3.05) is 13.1 Å². The van der Waals surface area contributed by atoms with Gasteiger partial charge in [-0.25, -0.2) is 0 Å². The number of nitrogens with zero attached hydrogens (tertiary/aromatic N) is 4. The van der Waals surface area contributed by atoms with Crippen LogP contribution in [0.4, 0.5) is 13.2 Å². The van der Waals surface area contributed by atoms with Crippen molar-refractivity contribution in [1.29, 1.82) is 0 Å². The molecule has 0 N–H and O–H groups in total. The molecule has 0 aliphatic carbocycles. The summed E-state index contributed by atoms with van der Waals surface area (Å²) in [6.45, 7) is 0.805. The minimum Gasteiger partial charge on any atom is -0.417 e. The molecule has 2 aromatic heterocycles. The van der Waals surface area contributed by atoms with Gasteiger partial charge in [0.15, 0.2) is 0 Å². The Labute approximate surface area is 143 Å². The van der Waals surface area contributed by atoms with Gasteiger partial charge in [-0.15, -0.1) is 10.2 Å². The van der Waals surface area contributed by atoms with Crippen molar-refractivity contribution in [2.45, 2.75) is 24.9 Å². The van der Waals surface area contributed by atoms with Gasteiger partial charge in [-0.1, -0.05) is 0 Å². The highest BCUT2D eigenvalue weighted by atomic mass is 79.9. The topological polar surface area (TPSA) is 72.1 Å². The molecular weight excluding hydrogens is 393 g/mol. The number of hydrogen-bond donors (Lipinski definition) is 0. The van der Waals surface area contributed by atoms with Crippen molar-refractivity contribution < 1.29 is 22.4 Å². The Morgan fingerprint density at radius 1 is 1.25 bits per heavy atom. The molecule has 0 radical (unpaired) electrons. The molecule has 0 atom stereocenters. The summed E-state index contributed by atoms with van der Waals surface area (Å²) in [6, 6.07) is 1.68. The second-order valence-corrected chi connectivity index (χ2v) is 6.32. The van der Waals surface area contributed by atoms with Gasteiger partial charge >= 0.3 is 12.1 Å². The van der Waals surface area contributed by atoms with E-state index in [1.807, 2.05) is 0 Å². The molecule has 6 nitrogen and oxygen atoms in total. The van der Waals surface area contributed by atoms with Gasteiger partial charge in [-0.3, -0.25) is 9.78 Å². The molecule has 3 rings (SSSR count). The van der Waals surface area contributed by atoms with Crippen molar-refractivity contribution >= 4 is 21.8 Å². The van der Waals surface area contributed by atoms with Crippen LogP contribution in [-0.2, 0) is 6.18 Å². The van der Waals surface area contributed by atoms with Gasteiger partial charge in [0, 0.05) is 35.9 Å². The maximum absolute atomic E-state index is 12.5. The van der Waals surface area contributed by atoms with E-state index in [1.54, 1.807) is 17.2 Å². The minimum absolute atomic E-state index is 0.0291. The number of aromatic nitrogens is 3. The Kier molecular flexibility index (Phi) is 4.57. The zero-order valence-electron chi connectivity index (χ0n) is 12.3. The molecule has 1 amide bonds. The molecule has 0 saturated carbocycles. The van der Waals surface area contributed by atoms with Crippen LogP contribution in [0, 0.1) is 0 Å². The lowest BCUT2D eigenvalue weighted by Gasteiger charge is -2.30. The summed E-state index contributed by atoms with van der Waals surface area (Å²) in [6.07, 6.45) is -0.654. The van der Waals surface area contributed by atoms with Crippen LogP contribution in [0.2, 0.25) is 0 Å². The lowest BCUT2D eigenvalue weighted by molar-refractivity contribution is -0.157. The van der Waals surface area contributed by atoms with E-state index in [2.05, 4.69) is 31.1 Å². The first-order chi connectivity index (χ1) is 11.3. The van der Waals surface area contributed by atoms with Gasteiger partial charge in [0.25, 0.3) is 5.91 Å². The monoisotopic (exact) mass is 404 g/mol. The van der Waals surface area contributed by atoms with Gasteiger partial charge in [-0.2, -0.15) is 13.2 Å². The van der Waals surface area contributed by atoms with Crippen LogP contribution in [-0.4, -0.2) is 39.1 Å². The molecule has 0 aromatic carbocycles. The maximum Gasteiger partial charge on any atom is 0.470 e. The molecule has 1 aliphatic heterocycles. The molecule has 0 bridgehead atoms. The first-order valence-electron chi connectivity index (χ1n) is 7.15. The minimum atomic E-state index is -4.64. The van der Waals surface area contributed by atoms with Crippen molar-refractivity contribution in [3.8, 4) is 0 Å². The van der Waals surface area contributed by atoms with E-state index in [9.17, 15) is 18.0 Å². The van der Waals surface area contributed by atoms with E-state index in [4.69, 9.17) is 4.42 Å². The molecule has 1 saturated heterocycles. The first kappa shape index (κ1) is 16.9. The van der Waals surface area contributed by atoms with Gasteiger partial charge in [-0.05, 0) is 34.8 Å². The molecule has 2 aromatic rings. The number of amides is 1. The summed E-state index contributed by atoms with van der Waals surface area (Å²) < 4.78 is 42.9. The number of carbonyl (C=O) groups is 1. The molecule has 10 heteroatoms. The van der Waals surface area contributed by atoms with E-state index in [1.165, 1.54) is 6.20 Å². The van der Waals surface area contributed by atoms with Crippen LogP contribution in [0.1, 0.15) is 40.9 Å². The highest BCUT2D eigenvalue weighted by molar-refractivity contribution is 9.10. The average Bonchev–Trinajstić information content (AvgIpc) is 3.04. The number of halogens is 4. The summed E-state index contributed by atoms with van der Waals surface area (Å²) in [7, 11) is 0. The quantitative estimate of drug-likeness (QED) is 0.767. The summed E-state index contributed by atoms with van der Waals surface area (Å²) in [5, 5.41) is 6.53.